The predicted octanol–water partition coefficient (Wildman–Crippen LogP) is 1.97. The fraction of sp³-hybridized carbons (Fsp3) is 0.100. The second kappa shape index (κ2) is 9.56. The Morgan fingerprint density at radius 3 is 2.85 bits per heavy atom. The number of amides is 1. The van der Waals surface area contributed by atoms with Crippen LogP contribution in [0, 0.1) is 10.1 Å². The van der Waals surface area contributed by atoms with E-state index in [1.807, 2.05) is 6.92 Å². The number of ether oxygens (including phenoxy) is 1. The van der Waals surface area contributed by atoms with E-state index in [4.69, 9.17) is 10.5 Å². The Bertz CT molecular complexity index is 1380. The molecular formula is C20H17N9O5. The second-order valence-corrected chi connectivity index (χ2v) is 6.65. The molecule has 0 aliphatic carbocycles. The number of nitro groups is 1. The van der Waals surface area contributed by atoms with E-state index in [0.29, 0.717) is 17.9 Å². The summed E-state index contributed by atoms with van der Waals surface area (Å²) < 4.78 is 11.4. The molecule has 0 unspecified atom stereocenters. The van der Waals surface area contributed by atoms with Crippen molar-refractivity contribution in [2.45, 2.75) is 6.92 Å². The molecule has 4 rings (SSSR count). The number of para-hydroxylation sites is 1. The average molecular weight is 463 g/mol. The summed E-state index contributed by atoms with van der Waals surface area (Å²) in [6, 6.07) is 12.9. The zero-order chi connectivity index (χ0) is 24.1. The van der Waals surface area contributed by atoms with Crippen LogP contribution in [0.2, 0.25) is 0 Å². The normalized spacial score (nSPS) is 11.0. The molecule has 14 nitrogen and oxygen atoms in total. The molecule has 0 bridgehead atoms. The number of carbonyl (C=O) groups excluding carboxylic acids is 1. The monoisotopic (exact) mass is 463 g/mol. The van der Waals surface area contributed by atoms with Gasteiger partial charge in [-0.15, -0.1) is 5.10 Å². The lowest BCUT2D eigenvalue weighted by molar-refractivity contribution is -0.385. The first-order valence-corrected chi connectivity index (χ1v) is 9.83. The number of nitrogen functional groups attached to an aromatic ring is 1. The molecular weight excluding hydrogens is 446 g/mol. The molecule has 2 aromatic carbocycles. The Balaban J connectivity index is 1.70. The van der Waals surface area contributed by atoms with Crippen LogP contribution in [-0.4, -0.2) is 49.0 Å². The first-order chi connectivity index (χ1) is 16.5. The van der Waals surface area contributed by atoms with Crippen molar-refractivity contribution in [3.05, 3.63) is 69.9 Å². The summed E-state index contributed by atoms with van der Waals surface area (Å²) in [6.07, 6.45) is 1.16. The minimum absolute atomic E-state index is 0.0341. The van der Waals surface area contributed by atoms with Crippen LogP contribution in [0.4, 0.5) is 11.5 Å². The molecule has 2 aromatic heterocycles. The molecule has 34 heavy (non-hydrogen) atoms. The predicted molar refractivity (Wildman–Crippen MR) is 118 cm³/mol. The number of hydrogen-bond acceptors (Lipinski definition) is 11. The summed E-state index contributed by atoms with van der Waals surface area (Å²) >= 11 is 0. The van der Waals surface area contributed by atoms with Gasteiger partial charge in [0.05, 0.1) is 23.3 Å². The largest absolute Gasteiger partial charge is 0.494 e. The molecule has 0 radical (unpaired) electrons. The number of rotatable bonds is 8. The lowest BCUT2D eigenvalue weighted by atomic mass is 10.1. The number of nitrogens with one attached hydrogen (secondary N) is 1. The third-order valence-electron chi connectivity index (χ3n) is 4.50. The van der Waals surface area contributed by atoms with E-state index in [2.05, 4.69) is 35.8 Å². The third kappa shape index (κ3) is 4.40. The van der Waals surface area contributed by atoms with Crippen LogP contribution in [0.25, 0.3) is 17.1 Å². The number of nitrogens with zero attached hydrogens (tertiary/aromatic N) is 7. The van der Waals surface area contributed by atoms with Crippen molar-refractivity contribution in [1.29, 1.82) is 0 Å². The van der Waals surface area contributed by atoms with E-state index >= 15 is 0 Å². The Kier molecular flexibility index (Phi) is 6.20. The van der Waals surface area contributed by atoms with Crippen LogP contribution in [0.3, 0.4) is 0 Å². The van der Waals surface area contributed by atoms with E-state index in [1.54, 1.807) is 30.3 Å². The quantitative estimate of drug-likeness (QED) is 0.222. The lowest BCUT2D eigenvalue weighted by Crippen LogP contribution is -2.19. The van der Waals surface area contributed by atoms with Crippen molar-refractivity contribution in [2.24, 2.45) is 5.10 Å². The minimum Gasteiger partial charge on any atom is -0.494 e. The van der Waals surface area contributed by atoms with E-state index < -0.39 is 10.8 Å². The van der Waals surface area contributed by atoms with Crippen LogP contribution in [0.1, 0.15) is 23.0 Å². The van der Waals surface area contributed by atoms with Gasteiger partial charge in [-0.05, 0) is 35.4 Å². The summed E-state index contributed by atoms with van der Waals surface area (Å²) in [4.78, 5) is 23.5. The molecule has 0 saturated carbocycles. The average Bonchev–Trinajstić information content (AvgIpc) is 3.45. The van der Waals surface area contributed by atoms with Crippen LogP contribution in [0.5, 0.6) is 5.75 Å². The van der Waals surface area contributed by atoms with Gasteiger partial charge in [-0.1, -0.05) is 29.5 Å². The molecule has 0 spiro atoms. The Hall–Kier alpha value is -5.14. The van der Waals surface area contributed by atoms with Gasteiger partial charge in [0.2, 0.25) is 11.6 Å². The molecule has 14 heteroatoms. The first kappa shape index (κ1) is 22.1. The van der Waals surface area contributed by atoms with E-state index in [1.165, 1.54) is 22.9 Å². The summed E-state index contributed by atoms with van der Waals surface area (Å²) in [5, 5.41) is 30.2. The van der Waals surface area contributed by atoms with Crippen molar-refractivity contribution in [3.63, 3.8) is 0 Å². The molecule has 0 aliphatic heterocycles. The molecule has 4 aromatic rings. The van der Waals surface area contributed by atoms with Gasteiger partial charge in [0, 0.05) is 11.6 Å². The first-order valence-electron chi connectivity index (χ1n) is 9.83. The fourth-order valence-electron chi connectivity index (χ4n) is 3.06. The number of hydrazone groups is 1. The summed E-state index contributed by atoms with van der Waals surface area (Å²) in [6.45, 7) is 2.28. The van der Waals surface area contributed by atoms with E-state index in [0.717, 1.165) is 6.21 Å². The van der Waals surface area contributed by atoms with Gasteiger partial charge in [0.25, 0.3) is 11.6 Å². The maximum absolute atomic E-state index is 12.9. The molecule has 0 fully saturated rings. The molecule has 0 aliphatic rings. The van der Waals surface area contributed by atoms with Crippen LogP contribution in [0.15, 0.2) is 58.3 Å². The standard InChI is InChI=1S/C20H17N9O5/c1-2-33-14-8-5-7-12(10-14)17-16(23-27-28(17)19-18(21)25-34-26-19)20(30)24-22-11-13-6-3-4-9-15(13)29(31)32/h3-11H,2H2,1H3,(H2,21,25)(H,24,30)/b22-11-. The highest BCUT2D eigenvalue weighted by atomic mass is 16.6. The van der Waals surface area contributed by atoms with Crippen molar-refractivity contribution >= 4 is 23.6 Å². The Labute approximate surface area is 191 Å². The van der Waals surface area contributed by atoms with Gasteiger partial charge >= 0.3 is 0 Å². The zero-order valence-electron chi connectivity index (χ0n) is 17.7. The number of hydrogen-bond donors (Lipinski definition) is 2. The lowest BCUT2D eigenvalue weighted by Gasteiger charge is -2.08. The summed E-state index contributed by atoms with van der Waals surface area (Å²) in [5.74, 6) is -0.201. The van der Waals surface area contributed by atoms with Crippen molar-refractivity contribution < 1.29 is 19.1 Å². The number of aromatic nitrogens is 5. The molecule has 0 atom stereocenters. The molecule has 172 valence electrons. The van der Waals surface area contributed by atoms with Crippen molar-refractivity contribution in [1.82, 2.24) is 30.7 Å². The van der Waals surface area contributed by atoms with Gasteiger partial charge in [-0.2, -0.15) is 9.78 Å². The highest BCUT2D eigenvalue weighted by Crippen LogP contribution is 2.29. The van der Waals surface area contributed by atoms with Crippen LogP contribution >= 0.6 is 0 Å². The zero-order valence-corrected chi connectivity index (χ0v) is 17.7. The fourth-order valence-corrected chi connectivity index (χ4v) is 3.06. The van der Waals surface area contributed by atoms with E-state index in [-0.39, 0.29) is 34.3 Å². The Morgan fingerprint density at radius 2 is 2.12 bits per heavy atom. The SMILES string of the molecule is CCOc1cccc(-c2c(C(=O)N/N=C\c3ccccc3[N+](=O)[O-])nnn2-c2nonc2N)c1. The summed E-state index contributed by atoms with van der Waals surface area (Å²) in [5.41, 5.74) is 8.79. The number of nitrogens with two attached hydrogens (primary N) is 1. The third-order valence-corrected chi connectivity index (χ3v) is 4.50. The van der Waals surface area contributed by atoms with Crippen molar-refractivity contribution in [2.75, 3.05) is 12.3 Å². The van der Waals surface area contributed by atoms with Crippen LogP contribution in [-0.2, 0) is 0 Å². The highest BCUT2D eigenvalue weighted by molar-refractivity contribution is 5.99. The smallest absolute Gasteiger partial charge is 0.294 e. The summed E-state index contributed by atoms with van der Waals surface area (Å²) in [7, 11) is 0. The molecule has 3 N–H and O–H groups in total. The maximum Gasteiger partial charge on any atom is 0.294 e. The maximum atomic E-state index is 12.9. The highest BCUT2D eigenvalue weighted by Gasteiger charge is 2.25. The number of benzene rings is 2. The molecule has 2 heterocycles. The van der Waals surface area contributed by atoms with Crippen molar-refractivity contribution in [3.8, 4) is 22.8 Å². The van der Waals surface area contributed by atoms with E-state index in [9.17, 15) is 14.9 Å². The van der Waals surface area contributed by atoms with Gasteiger partial charge in [-0.25, -0.2) is 10.1 Å². The Morgan fingerprint density at radius 1 is 1.29 bits per heavy atom. The number of anilines is 1. The van der Waals surface area contributed by atoms with Crippen LogP contribution < -0.4 is 15.9 Å². The second-order valence-electron chi connectivity index (χ2n) is 6.65. The molecule has 0 saturated heterocycles. The van der Waals surface area contributed by atoms with Gasteiger partial charge < -0.3 is 10.5 Å². The van der Waals surface area contributed by atoms with Gasteiger partial charge in [-0.3, -0.25) is 14.9 Å². The minimum atomic E-state index is -0.729. The topological polar surface area (TPSA) is 189 Å². The molecule has 1 amide bonds. The van der Waals surface area contributed by atoms with Gasteiger partial charge in [0.1, 0.15) is 11.4 Å². The van der Waals surface area contributed by atoms with Gasteiger partial charge in [0.15, 0.2) is 5.69 Å². The number of nitro benzene ring substituents is 1. The number of carbonyl (C=O) groups is 1.